The summed E-state index contributed by atoms with van der Waals surface area (Å²) in [5.41, 5.74) is 0.129. The monoisotopic (exact) mass is 219 g/mol. The van der Waals surface area contributed by atoms with Crippen molar-refractivity contribution in [2.45, 2.75) is 13.0 Å². The Hall–Kier alpha value is -1.28. The average Bonchev–Trinajstić information content (AvgIpc) is 1.95. The number of hydrogen-bond acceptors (Lipinski definition) is 4. The molecule has 0 bridgehead atoms. The second-order valence-corrected chi connectivity index (χ2v) is 4.65. The van der Waals surface area contributed by atoms with Crippen LogP contribution in [-0.2, 0) is 14.8 Å². The highest BCUT2D eigenvalue weighted by molar-refractivity contribution is 7.88. The lowest BCUT2D eigenvalue weighted by atomic mass is 10.2. The fraction of sp³-hybridized carbons (Fsp3) is 0.500. The lowest BCUT2D eigenvalue weighted by Gasteiger charge is -2.19. The number of carbonyl (C=O) groups excluding carboxylic acids is 2. The normalized spacial score (nSPS) is 23.0. The lowest BCUT2D eigenvalue weighted by molar-refractivity contribution is -0.120. The molecule has 78 valence electrons. The molecular formula is C6H9N3O4S. The first-order valence-corrected chi connectivity index (χ1v) is 5.56. The van der Waals surface area contributed by atoms with Crippen molar-refractivity contribution in [3.05, 3.63) is 0 Å². The fourth-order valence-corrected chi connectivity index (χ4v) is 1.68. The molecule has 7 nitrogen and oxygen atoms in total. The maximum absolute atomic E-state index is 11.2. The molecule has 0 aliphatic carbocycles. The van der Waals surface area contributed by atoms with Gasteiger partial charge in [-0.2, -0.15) is 4.72 Å². The predicted octanol–water partition coefficient (Wildman–Crippen LogP) is -1.39. The third-order valence-corrected chi connectivity index (χ3v) is 2.18. The number of urea groups is 1. The van der Waals surface area contributed by atoms with E-state index in [1.54, 1.807) is 0 Å². The van der Waals surface area contributed by atoms with Crippen LogP contribution in [0.2, 0.25) is 0 Å². The van der Waals surface area contributed by atoms with Crippen LogP contribution < -0.4 is 10.0 Å². The van der Waals surface area contributed by atoms with E-state index in [2.05, 4.69) is 9.71 Å². The Morgan fingerprint density at radius 3 is 2.43 bits per heavy atom. The maximum atomic E-state index is 11.2. The first kappa shape index (κ1) is 10.8. The van der Waals surface area contributed by atoms with Gasteiger partial charge in [-0.3, -0.25) is 10.1 Å². The Morgan fingerprint density at radius 1 is 1.43 bits per heavy atom. The van der Waals surface area contributed by atoms with Gasteiger partial charge in [0.15, 0.2) is 0 Å². The highest BCUT2D eigenvalue weighted by atomic mass is 32.2. The SMILES string of the molecule is CC1=NC(=O)NC(=O)C1NS(C)(=O)=O. The summed E-state index contributed by atoms with van der Waals surface area (Å²) in [6.07, 6.45) is 0.921. The lowest BCUT2D eigenvalue weighted by Crippen LogP contribution is -2.54. The van der Waals surface area contributed by atoms with Crippen molar-refractivity contribution in [1.29, 1.82) is 0 Å². The summed E-state index contributed by atoms with van der Waals surface area (Å²) in [7, 11) is -3.51. The number of amides is 3. The van der Waals surface area contributed by atoms with E-state index >= 15 is 0 Å². The first-order valence-electron chi connectivity index (χ1n) is 3.67. The molecule has 1 aliphatic heterocycles. The molecule has 0 aromatic heterocycles. The summed E-state index contributed by atoms with van der Waals surface area (Å²) in [5.74, 6) is -0.715. The summed E-state index contributed by atoms with van der Waals surface area (Å²) in [6.45, 7) is 1.40. The number of hydrogen-bond donors (Lipinski definition) is 2. The van der Waals surface area contributed by atoms with E-state index in [1.807, 2.05) is 5.32 Å². The van der Waals surface area contributed by atoms with Crippen LogP contribution in [0.5, 0.6) is 0 Å². The molecule has 14 heavy (non-hydrogen) atoms. The largest absolute Gasteiger partial charge is 0.347 e. The third-order valence-electron chi connectivity index (χ3n) is 1.52. The summed E-state index contributed by atoms with van der Waals surface area (Å²) in [6, 6.07) is -1.87. The van der Waals surface area contributed by atoms with Crippen LogP contribution in [0.3, 0.4) is 0 Å². The molecule has 0 aromatic rings. The van der Waals surface area contributed by atoms with Gasteiger partial charge in [-0.15, -0.1) is 0 Å². The van der Waals surface area contributed by atoms with Crippen LogP contribution in [0.4, 0.5) is 4.79 Å². The molecule has 1 unspecified atom stereocenters. The van der Waals surface area contributed by atoms with E-state index in [-0.39, 0.29) is 5.71 Å². The number of aliphatic imine (C=N–C) groups is 1. The number of imide groups is 1. The standard InChI is InChI=1S/C6H9N3O4S/c1-3-4(9-14(2,12)13)5(10)8-6(11)7-3/h4,9H,1-2H3,(H,8,10,11). The van der Waals surface area contributed by atoms with Crippen molar-refractivity contribution >= 4 is 27.7 Å². The van der Waals surface area contributed by atoms with Crippen LogP contribution in [0.1, 0.15) is 6.92 Å². The van der Waals surface area contributed by atoms with E-state index in [1.165, 1.54) is 6.92 Å². The van der Waals surface area contributed by atoms with Crippen molar-refractivity contribution in [1.82, 2.24) is 10.0 Å². The Labute approximate surface area is 80.6 Å². The van der Waals surface area contributed by atoms with Gasteiger partial charge in [0, 0.05) is 5.71 Å². The highest BCUT2D eigenvalue weighted by Gasteiger charge is 2.30. The molecule has 1 aliphatic rings. The number of sulfonamides is 1. The van der Waals surface area contributed by atoms with Gasteiger partial charge in [0.2, 0.25) is 10.0 Å². The van der Waals surface area contributed by atoms with E-state index in [4.69, 9.17) is 0 Å². The first-order chi connectivity index (χ1) is 6.29. The Morgan fingerprint density at radius 2 is 2.00 bits per heavy atom. The number of nitrogens with zero attached hydrogens (tertiary/aromatic N) is 1. The van der Waals surface area contributed by atoms with Gasteiger partial charge < -0.3 is 0 Å². The minimum atomic E-state index is -3.51. The van der Waals surface area contributed by atoms with Gasteiger partial charge in [-0.1, -0.05) is 0 Å². The molecule has 0 saturated heterocycles. The van der Waals surface area contributed by atoms with Crippen molar-refractivity contribution in [3.63, 3.8) is 0 Å². The Bertz CT molecular complexity index is 411. The maximum Gasteiger partial charge on any atom is 0.347 e. The molecule has 1 heterocycles. The molecule has 0 saturated carbocycles. The second-order valence-electron chi connectivity index (χ2n) is 2.87. The van der Waals surface area contributed by atoms with E-state index in [9.17, 15) is 18.0 Å². The van der Waals surface area contributed by atoms with E-state index in [0.717, 1.165) is 6.26 Å². The zero-order valence-electron chi connectivity index (χ0n) is 7.57. The third kappa shape index (κ3) is 2.60. The van der Waals surface area contributed by atoms with Crippen molar-refractivity contribution in [3.8, 4) is 0 Å². The van der Waals surface area contributed by atoms with E-state index in [0.29, 0.717) is 0 Å². The molecular weight excluding hydrogens is 210 g/mol. The fourth-order valence-electron chi connectivity index (χ4n) is 0.973. The average molecular weight is 219 g/mol. The van der Waals surface area contributed by atoms with Crippen molar-refractivity contribution in [2.24, 2.45) is 4.99 Å². The van der Waals surface area contributed by atoms with Crippen LogP contribution >= 0.6 is 0 Å². The molecule has 0 spiro atoms. The molecule has 0 aromatic carbocycles. The Balaban J connectivity index is 2.94. The molecule has 0 radical (unpaired) electrons. The molecule has 3 amide bonds. The summed E-state index contributed by atoms with van der Waals surface area (Å²) >= 11 is 0. The minimum Gasteiger partial charge on any atom is -0.274 e. The van der Waals surface area contributed by atoms with Crippen LogP contribution in [0.25, 0.3) is 0 Å². The van der Waals surface area contributed by atoms with Crippen LogP contribution in [0, 0.1) is 0 Å². The minimum absolute atomic E-state index is 0.129. The zero-order chi connectivity index (χ0) is 10.9. The van der Waals surface area contributed by atoms with E-state index < -0.39 is 28.0 Å². The molecule has 0 fully saturated rings. The number of carbonyl (C=O) groups is 2. The molecule has 1 rings (SSSR count). The smallest absolute Gasteiger partial charge is 0.274 e. The Kier molecular flexibility index (Phi) is 2.67. The molecule has 2 N–H and O–H groups in total. The highest BCUT2D eigenvalue weighted by Crippen LogP contribution is 1.99. The van der Waals surface area contributed by atoms with Gasteiger partial charge >= 0.3 is 6.03 Å². The quantitative estimate of drug-likeness (QED) is 0.596. The summed E-state index contributed by atoms with van der Waals surface area (Å²) < 4.78 is 23.7. The van der Waals surface area contributed by atoms with Gasteiger partial charge in [-0.25, -0.2) is 18.2 Å². The van der Waals surface area contributed by atoms with Gasteiger partial charge in [0.1, 0.15) is 6.04 Å². The summed E-state index contributed by atoms with van der Waals surface area (Å²) in [4.78, 5) is 25.3. The number of rotatable bonds is 2. The predicted molar refractivity (Wildman–Crippen MR) is 48.4 cm³/mol. The topological polar surface area (TPSA) is 105 Å². The zero-order valence-corrected chi connectivity index (χ0v) is 8.38. The van der Waals surface area contributed by atoms with Gasteiger partial charge in [0.05, 0.1) is 6.26 Å². The second kappa shape index (κ2) is 3.46. The molecule has 8 heteroatoms. The molecule has 1 atom stereocenters. The number of nitrogens with one attached hydrogen (secondary N) is 2. The van der Waals surface area contributed by atoms with Crippen LogP contribution in [0.15, 0.2) is 4.99 Å². The van der Waals surface area contributed by atoms with Crippen molar-refractivity contribution in [2.75, 3.05) is 6.26 Å². The van der Waals surface area contributed by atoms with Gasteiger partial charge in [0.25, 0.3) is 5.91 Å². The van der Waals surface area contributed by atoms with Gasteiger partial charge in [-0.05, 0) is 6.92 Å². The summed E-state index contributed by atoms with van der Waals surface area (Å²) in [5, 5.41) is 1.89. The van der Waals surface area contributed by atoms with Crippen molar-refractivity contribution < 1.29 is 18.0 Å². The van der Waals surface area contributed by atoms with Crippen LogP contribution in [-0.4, -0.2) is 38.4 Å².